The molecule has 18 heavy (non-hydrogen) atoms. The van der Waals surface area contributed by atoms with Crippen LogP contribution in [0.1, 0.15) is 58.7 Å². The molecule has 0 aliphatic heterocycles. The maximum Gasteiger partial charge on any atom is 0.0380 e. The molecular formula is C17H27N. The number of hydrogen-bond acceptors (Lipinski definition) is 1. The van der Waals surface area contributed by atoms with Gasteiger partial charge in [-0.3, -0.25) is 0 Å². The second-order valence-electron chi connectivity index (χ2n) is 7.55. The average molecular weight is 245 g/mol. The van der Waals surface area contributed by atoms with E-state index in [1.54, 1.807) is 0 Å². The van der Waals surface area contributed by atoms with E-state index < -0.39 is 0 Å². The zero-order chi connectivity index (χ0) is 13.6. The molecule has 0 radical (unpaired) electrons. The predicted octanol–water partition coefficient (Wildman–Crippen LogP) is 4.33. The van der Waals surface area contributed by atoms with E-state index in [4.69, 9.17) is 0 Å². The van der Waals surface area contributed by atoms with E-state index in [0.29, 0.717) is 22.9 Å². The Labute approximate surface area is 112 Å². The Morgan fingerprint density at radius 3 is 2.44 bits per heavy atom. The van der Waals surface area contributed by atoms with E-state index in [1.165, 1.54) is 17.5 Å². The normalized spacial score (nSPS) is 23.8. The molecule has 0 aromatic heterocycles. The van der Waals surface area contributed by atoms with Crippen molar-refractivity contribution in [1.82, 2.24) is 5.32 Å². The Morgan fingerprint density at radius 2 is 1.83 bits per heavy atom. The quantitative estimate of drug-likeness (QED) is 0.817. The number of fused-ring (bicyclic) bond motifs is 1. The van der Waals surface area contributed by atoms with Crippen molar-refractivity contribution in [3.05, 3.63) is 35.4 Å². The zero-order valence-corrected chi connectivity index (χ0v) is 12.7. The molecule has 0 bridgehead atoms. The van der Waals surface area contributed by atoms with Crippen molar-refractivity contribution >= 4 is 0 Å². The monoisotopic (exact) mass is 245 g/mol. The standard InChI is InChI=1S/C17H27N/c1-12(16(2,3)4)18-15-14-10-8-7-9-13(14)11-17(15,5)6/h7-10,12,15,18H,11H2,1-6H3. The Bertz CT molecular complexity index is 425. The maximum atomic E-state index is 3.87. The SMILES string of the molecule is CC(NC1c2ccccc2CC1(C)C)C(C)(C)C. The summed E-state index contributed by atoms with van der Waals surface area (Å²) in [6.07, 6.45) is 1.18. The largest absolute Gasteiger partial charge is 0.306 e. The second kappa shape index (κ2) is 4.38. The molecule has 2 unspecified atom stereocenters. The minimum Gasteiger partial charge on any atom is -0.306 e. The van der Waals surface area contributed by atoms with E-state index in [1.807, 2.05) is 0 Å². The highest BCUT2D eigenvalue weighted by Crippen LogP contribution is 2.45. The summed E-state index contributed by atoms with van der Waals surface area (Å²) in [5, 5.41) is 3.87. The van der Waals surface area contributed by atoms with Crippen LogP contribution >= 0.6 is 0 Å². The van der Waals surface area contributed by atoms with Gasteiger partial charge in [0.1, 0.15) is 0 Å². The van der Waals surface area contributed by atoms with Crippen LogP contribution in [0.5, 0.6) is 0 Å². The second-order valence-corrected chi connectivity index (χ2v) is 7.55. The highest BCUT2D eigenvalue weighted by molar-refractivity contribution is 5.37. The summed E-state index contributed by atoms with van der Waals surface area (Å²) in [7, 11) is 0. The summed E-state index contributed by atoms with van der Waals surface area (Å²) in [5.74, 6) is 0. The van der Waals surface area contributed by atoms with E-state index in [9.17, 15) is 0 Å². The van der Waals surface area contributed by atoms with Crippen LogP contribution in [0.4, 0.5) is 0 Å². The molecule has 1 N–H and O–H groups in total. The predicted molar refractivity (Wildman–Crippen MR) is 78.7 cm³/mol. The van der Waals surface area contributed by atoms with E-state index in [-0.39, 0.29) is 0 Å². The molecule has 1 nitrogen and oxygen atoms in total. The average Bonchev–Trinajstić information content (AvgIpc) is 2.49. The first kappa shape index (κ1) is 13.6. The maximum absolute atomic E-state index is 3.87. The van der Waals surface area contributed by atoms with Crippen LogP contribution in [0.15, 0.2) is 24.3 Å². The molecule has 0 amide bonds. The molecule has 100 valence electrons. The molecule has 0 fully saturated rings. The molecule has 1 aromatic rings. The van der Waals surface area contributed by atoms with Gasteiger partial charge < -0.3 is 5.32 Å². The molecule has 0 saturated heterocycles. The van der Waals surface area contributed by atoms with Gasteiger partial charge in [0.05, 0.1) is 0 Å². The minimum atomic E-state index is 0.299. The molecule has 1 aliphatic rings. The molecular weight excluding hydrogens is 218 g/mol. The summed E-state index contributed by atoms with van der Waals surface area (Å²) in [6, 6.07) is 9.87. The molecule has 1 aromatic carbocycles. The summed E-state index contributed by atoms with van der Waals surface area (Å²) in [6.45, 7) is 14.0. The van der Waals surface area contributed by atoms with Crippen LogP contribution in [-0.4, -0.2) is 6.04 Å². The molecule has 2 atom stereocenters. The Hall–Kier alpha value is -0.820. The van der Waals surface area contributed by atoms with Gasteiger partial charge in [-0.1, -0.05) is 58.9 Å². The van der Waals surface area contributed by atoms with E-state index in [2.05, 4.69) is 71.1 Å². The highest BCUT2D eigenvalue weighted by Gasteiger charge is 2.40. The Balaban J connectivity index is 2.26. The lowest BCUT2D eigenvalue weighted by Crippen LogP contribution is -2.43. The van der Waals surface area contributed by atoms with Crippen molar-refractivity contribution in [2.24, 2.45) is 10.8 Å². The number of rotatable bonds is 2. The van der Waals surface area contributed by atoms with Crippen molar-refractivity contribution in [1.29, 1.82) is 0 Å². The third kappa shape index (κ3) is 2.47. The van der Waals surface area contributed by atoms with Gasteiger partial charge in [0.25, 0.3) is 0 Å². The van der Waals surface area contributed by atoms with Gasteiger partial charge in [-0.15, -0.1) is 0 Å². The highest BCUT2D eigenvalue weighted by atomic mass is 15.0. The van der Waals surface area contributed by atoms with Crippen LogP contribution in [0.2, 0.25) is 0 Å². The fourth-order valence-corrected chi connectivity index (χ4v) is 2.81. The summed E-state index contributed by atoms with van der Waals surface area (Å²) >= 11 is 0. The van der Waals surface area contributed by atoms with Gasteiger partial charge >= 0.3 is 0 Å². The lowest BCUT2D eigenvalue weighted by atomic mass is 9.82. The smallest absolute Gasteiger partial charge is 0.0380 e. The molecule has 0 spiro atoms. The van der Waals surface area contributed by atoms with Crippen LogP contribution < -0.4 is 5.32 Å². The van der Waals surface area contributed by atoms with Crippen LogP contribution in [-0.2, 0) is 6.42 Å². The van der Waals surface area contributed by atoms with E-state index in [0.717, 1.165) is 0 Å². The molecule has 1 heteroatoms. The van der Waals surface area contributed by atoms with Crippen molar-refractivity contribution < 1.29 is 0 Å². The summed E-state index contributed by atoms with van der Waals surface area (Å²) < 4.78 is 0. The minimum absolute atomic E-state index is 0.299. The topological polar surface area (TPSA) is 12.0 Å². The van der Waals surface area contributed by atoms with Gasteiger partial charge in [0, 0.05) is 12.1 Å². The fourth-order valence-electron chi connectivity index (χ4n) is 2.81. The number of hydrogen-bond donors (Lipinski definition) is 1. The summed E-state index contributed by atoms with van der Waals surface area (Å²) in [5.41, 5.74) is 3.62. The zero-order valence-electron chi connectivity index (χ0n) is 12.7. The lowest BCUT2D eigenvalue weighted by Gasteiger charge is -2.36. The van der Waals surface area contributed by atoms with Crippen LogP contribution in [0.3, 0.4) is 0 Å². The molecule has 0 heterocycles. The van der Waals surface area contributed by atoms with Gasteiger partial charge in [0.15, 0.2) is 0 Å². The van der Waals surface area contributed by atoms with Crippen LogP contribution in [0.25, 0.3) is 0 Å². The van der Waals surface area contributed by atoms with Crippen molar-refractivity contribution in [3.8, 4) is 0 Å². The first-order valence-electron chi connectivity index (χ1n) is 7.06. The van der Waals surface area contributed by atoms with Gasteiger partial charge in [-0.2, -0.15) is 0 Å². The molecule has 1 aliphatic carbocycles. The Morgan fingerprint density at radius 1 is 1.22 bits per heavy atom. The third-order valence-electron chi connectivity index (χ3n) is 4.51. The van der Waals surface area contributed by atoms with Crippen molar-refractivity contribution in [2.45, 2.75) is 60.0 Å². The number of nitrogens with one attached hydrogen (secondary N) is 1. The molecule has 2 rings (SSSR count). The first-order valence-corrected chi connectivity index (χ1v) is 7.06. The van der Waals surface area contributed by atoms with Crippen molar-refractivity contribution in [2.75, 3.05) is 0 Å². The summed E-state index contributed by atoms with van der Waals surface area (Å²) in [4.78, 5) is 0. The van der Waals surface area contributed by atoms with Crippen molar-refractivity contribution in [3.63, 3.8) is 0 Å². The Kier molecular flexibility index (Phi) is 3.31. The number of benzene rings is 1. The fraction of sp³-hybridized carbons (Fsp3) is 0.647. The lowest BCUT2D eigenvalue weighted by molar-refractivity contribution is 0.195. The third-order valence-corrected chi connectivity index (χ3v) is 4.51. The van der Waals surface area contributed by atoms with Gasteiger partial charge in [-0.25, -0.2) is 0 Å². The first-order chi connectivity index (χ1) is 8.22. The van der Waals surface area contributed by atoms with Gasteiger partial charge in [0.2, 0.25) is 0 Å². The van der Waals surface area contributed by atoms with Crippen LogP contribution in [0, 0.1) is 10.8 Å². The van der Waals surface area contributed by atoms with Gasteiger partial charge in [-0.05, 0) is 35.3 Å². The van der Waals surface area contributed by atoms with E-state index >= 15 is 0 Å². The molecule has 0 saturated carbocycles.